The molecular formula is C15H28N4. The highest BCUT2D eigenvalue weighted by atomic mass is 15.3. The van der Waals surface area contributed by atoms with Crippen LogP contribution in [0.5, 0.6) is 0 Å². The average Bonchev–Trinajstić information content (AvgIpc) is 2.86. The molecule has 0 aliphatic carbocycles. The number of likely N-dealkylation sites (tertiary alicyclic amines) is 1. The molecule has 1 aliphatic heterocycles. The van der Waals surface area contributed by atoms with Gasteiger partial charge in [-0.2, -0.15) is 5.10 Å². The zero-order chi connectivity index (χ0) is 13.7. The molecular weight excluding hydrogens is 236 g/mol. The third kappa shape index (κ3) is 4.05. The minimum absolute atomic E-state index is 0.454. The third-order valence-electron chi connectivity index (χ3n) is 4.03. The lowest BCUT2D eigenvalue weighted by Gasteiger charge is -2.35. The van der Waals surface area contributed by atoms with Crippen molar-refractivity contribution in [2.24, 2.45) is 0 Å². The van der Waals surface area contributed by atoms with Gasteiger partial charge >= 0.3 is 0 Å². The fourth-order valence-electron chi connectivity index (χ4n) is 2.86. The van der Waals surface area contributed by atoms with Gasteiger partial charge in [0, 0.05) is 24.8 Å². The van der Waals surface area contributed by atoms with Crippen molar-refractivity contribution in [2.45, 2.75) is 58.2 Å². The first-order valence-corrected chi connectivity index (χ1v) is 7.63. The molecule has 4 heteroatoms. The summed E-state index contributed by atoms with van der Waals surface area (Å²) in [7, 11) is 2.04. The minimum atomic E-state index is 0.454. The van der Waals surface area contributed by atoms with Crippen molar-refractivity contribution >= 4 is 0 Å². The summed E-state index contributed by atoms with van der Waals surface area (Å²) >= 11 is 0. The summed E-state index contributed by atoms with van der Waals surface area (Å²) in [6.45, 7) is 7.69. The maximum absolute atomic E-state index is 4.68. The average molecular weight is 264 g/mol. The standard InChI is InChI=1S/C15H28N4/c1-13(2)19-11-8-14(17-19)12-18-10-5-4-6-15(18)7-9-16-3/h8,11,13,15-16H,4-7,9-10,12H2,1-3H3. The largest absolute Gasteiger partial charge is 0.320 e. The van der Waals surface area contributed by atoms with Crippen LogP contribution < -0.4 is 5.32 Å². The van der Waals surface area contributed by atoms with Crippen LogP contribution in [0.3, 0.4) is 0 Å². The fourth-order valence-corrected chi connectivity index (χ4v) is 2.86. The van der Waals surface area contributed by atoms with E-state index in [1.165, 1.54) is 37.9 Å². The van der Waals surface area contributed by atoms with Gasteiger partial charge in [-0.25, -0.2) is 0 Å². The van der Waals surface area contributed by atoms with E-state index >= 15 is 0 Å². The lowest BCUT2D eigenvalue weighted by Crippen LogP contribution is -2.40. The highest BCUT2D eigenvalue weighted by Gasteiger charge is 2.22. The molecule has 4 nitrogen and oxygen atoms in total. The Morgan fingerprint density at radius 1 is 1.42 bits per heavy atom. The van der Waals surface area contributed by atoms with Crippen LogP contribution >= 0.6 is 0 Å². The van der Waals surface area contributed by atoms with Gasteiger partial charge in [0.2, 0.25) is 0 Å². The second kappa shape index (κ2) is 7.06. The molecule has 1 aromatic heterocycles. The van der Waals surface area contributed by atoms with Crippen molar-refractivity contribution in [1.29, 1.82) is 0 Å². The molecule has 1 atom stereocenters. The molecule has 1 aromatic rings. The van der Waals surface area contributed by atoms with Gasteiger partial charge in [0.05, 0.1) is 5.69 Å². The molecule has 2 heterocycles. The van der Waals surface area contributed by atoms with E-state index in [9.17, 15) is 0 Å². The van der Waals surface area contributed by atoms with Crippen molar-refractivity contribution < 1.29 is 0 Å². The lowest BCUT2D eigenvalue weighted by molar-refractivity contribution is 0.130. The smallest absolute Gasteiger partial charge is 0.0764 e. The van der Waals surface area contributed by atoms with E-state index < -0.39 is 0 Å². The second-order valence-electron chi connectivity index (χ2n) is 5.89. The summed E-state index contributed by atoms with van der Waals surface area (Å²) < 4.78 is 2.06. The summed E-state index contributed by atoms with van der Waals surface area (Å²) in [5.41, 5.74) is 1.21. The van der Waals surface area contributed by atoms with E-state index in [0.29, 0.717) is 6.04 Å². The first-order valence-electron chi connectivity index (χ1n) is 7.63. The molecule has 0 bridgehead atoms. The summed E-state index contributed by atoms with van der Waals surface area (Å²) in [6.07, 6.45) is 7.41. The molecule has 1 N–H and O–H groups in total. The molecule has 1 fully saturated rings. The maximum Gasteiger partial charge on any atom is 0.0764 e. The number of hydrogen-bond donors (Lipinski definition) is 1. The Morgan fingerprint density at radius 3 is 2.95 bits per heavy atom. The molecule has 1 aliphatic rings. The fraction of sp³-hybridized carbons (Fsp3) is 0.800. The zero-order valence-electron chi connectivity index (χ0n) is 12.6. The van der Waals surface area contributed by atoms with Crippen LogP contribution in [0.15, 0.2) is 12.3 Å². The van der Waals surface area contributed by atoms with Crippen LogP contribution in [0.2, 0.25) is 0 Å². The van der Waals surface area contributed by atoms with Gasteiger partial charge in [-0.1, -0.05) is 6.42 Å². The summed E-state index contributed by atoms with van der Waals surface area (Å²) in [5, 5.41) is 7.95. The van der Waals surface area contributed by atoms with Crippen LogP contribution in [0.25, 0.3) is 0 Å². The normalized spacial score (nSPS) is 21.2. The first-order chi connectivity index (χ1) is 9.20. The Kier molecular flexibility index (Phi) is 5.40. The van der Waals surface area contributed by atoms with Crippen LogP contribution in [0, 0.1) is 0 Å². The monoisotopic (exact) mass is 264 g/mol. The lowest BCUT2D eigenvalue weighted by atomic mass is 9.99. The predicted molar refractivity (Wildman–Crippen MR) is 79.2 cm³/mol. The number of aromatic nitrogens is 2. The SMILES string of the molecule is CNCCC1CCCCN1Cc1ccn(C(C)C)n1. The van der Waals surface area contributed by atoms with Crippen molar-refractivity contribution in [3.63, 3.8) is 0 Å². The highest BCUT2D eigenvalue weighted by Crippen LogP contribution is 2.21. The second-order valence-corrected chi connectivity index (χ2v) is 5.89. The van der Waals surface area contributed by atoms with Crippen LogP contribution in [-0.4, -0.2) is 40.9 Å². The van der Waals surface area contributed by atoms with Gasteiger partial charge in [-0.3, -0.25) is 9.58 Å². The molecule has 0 aromatic carbocycles. The summed E-state index contributed by atoms with van der Waals surface area (Å²) in [5.74, 6) is 0. The molecule has 0 spiro atoms. The van der Waals surface area contributed by atoms with E-state index in [-0.39, 0.29) is 0 Å². The molecule has 1 unspecified atom stereocenters. The maximum atomic E-state index is 4.68. The quantitative estimate of drug-likeness (QED) is 0.856. The Bertz CT molecular complexity index is 372. The van der Waals surface area contributed by atoms with Gasteiger partial charge in [0.25, 0.3) is 0 Å². The van der Waals surface area contributed by atoms with Gasteiger partial charge in [-0.05, 0) is 59.3 Å². The van der Waals surface area contributed by atoms with Crippen molar-refractivity contribution in [3.8, 4) is 0 Å². The van der Waals surface area contributed by atoms with Gasteiger partial charge in [0.1, 0.15) is 0 Å². The number of rotatable bonds is 6. The first kappa shape index (κ1) is 14.5. The summed E-state index contributed by atoms with van der Waals surface area (Å²) in [6, 6.07) is 3.35. The van der Waals surface area contributed by atoms with E-state index in [2.05, 4.69) is 46.1 Å². The molecule has 108 valence electrons. The molecule has 0 saturated carbocycles. The molecule has 0 radical (unpaired) electrons. The molecule has 1 saturated heterocycles. The Balaban J connectivity index is 1.94. The molecule has 0 amide bonds. The van der Waals surface area contributed by atoms with Crippen LogP contribution in [0.1, 0.15) is 51.3 Å². The number of piperidine rings is 1. The predicted octanol–water partition coefficient (Wildman–Crippen LogP) is 2.43. The number of nitrogens with zero attached hydrogens (tertiary/aromatic N) is 3. The number of nitrogens with one attached hydrogen (secondary N) is 1. The number of hydrogen-bond acceptors (Lipinski definition) is 3. The van der Waals surface area contributed by atoms with Gasteiger partial charge in [-0.15, -0.1) is 0 Å². The Labute approximate surface area is 117 Å². The van der Waals surface area contributed by atoms with Crippen molar-refractivity contribution in [3.05, 3.63) is 18.0 Å². The van der Waals surface area contributed by atoms with Crippen molar-refractivity contribution in [2.75, 3.05) is 20.1 Å². The topological polar surface area (TPSA) is 33.1 Å². The Hall–Kier alpha value is -0.870. The van der Waals surface area contributed by atoms with E-state index in [1.807, 2.05) is 7.05 Å². The molecule has 19 heavy (non-hydrogen) atoms. The van der Waals surface area contributed by atoms with Crippen LogP contribution in [-0.2, 0) is 6.54 Å². The molecule has 2 rings (SSSR count). The van der Waals surface area contributed by atoms with E-state index in [4.69, 9.17) is 0 Å². The van der Waals surface area contributed by atoms with E-state index in [1.54, 1.807) is 0 Å². The van der Waals surface area contributed by atoms with Crippen molar-refractivity contribution in [1.82, 2.24) is 20.0 Å². The summed E-state index contributed by atoms with van der Waals surface area (Å²) in [4.78, 5) is 2.62. The van der Waals surface area contributed by atoms with E-state index in [0.717, 1.165) is 19.1 Å². The van der Waals surface area contributed by atoms with Gasteiger partial charge < -0.3 is 5.32 Å². The third-order valence-corrected chi connectivity index (χ3v) is 4.03. The Morgan fingerprint density at radius 2 is 2.26 bits per heavy atom. The zero-order valence-corrected chi connectivity index (χ0v) is 12.6. The van der Waals surface area contributed by atoms with Crippen LogP contribution in [0.4, 0.5) is 0 Å². The van der Waals surface area contributed by atoms with Gasteiger partial charge in [0.15, 0.2) is 0 Å². The highest BCUT2D eigenvalue weighted by molar-refractivity contribution is 5.00. The minimum Gasteiger partial charge on any atom is -0.320 e.